The fourth-order valence-corrected chi connectivity index (χ4v) is 6.16. The lowest BCUT2D eigenvalue weighted by molar-refractivity contribution is -0.117. The Kier molecular flexibility index (Phi) is 7.15. The van der Waals surface area contributed by atoms with Gasteiger partial charge in [-0.3, -0.25) is 14.2 Å². The minimum atomic E-state index is -4.32. The van der Waals surface area contributed by atoms with Crippen molar-refractivity contribution in [3.05, 3.63) is 80.9 Å². The van der Waals surface area contributed by atoms with Gasteiger partial charge < -0.3 is 15.0 Å². The highest BCUT2D eigenvalue weighted by atomic mass is 32.2. The number of carbonyl (C=O) groups is 1. The van der Waals surface area contributed by atoms with E-state index in [-0.39, 0.29) is 22.9 Å². The topological polar surface area (TPSA) is 136 Å². The number of sulfonamides is 1. The first-order chi connectivity index (χ1) is 19.4. The van der Waals surface area contributed by atoms with Crippen LogP contribution in [0.25, 0.3) is 10.9 Å². The highest BCUT2D eigenvalue weighted by molar-refractivity contribution is 7.90. The summed E-state index contributed by atoms with van der Waals surface area (Å²) in [5.41, 5.74) is 3.59. The fourth-order valence-electron chi connectivity index (χ4n) is 5.06. The molecule has 1 aliphatic heterocycles. The van der Waals surface area contributed by atoms with Crippen molar-refractivity contribution < 1.29 is 22.3 Å². The molecule has 0 unspecified atom stereocenters. The molecule has 11 nitrogen and oxygen atoms in total. The van der Waals surface area contributed by atoms with Crippen LogP contribution < -0.4 is 25.2 Å². The summed E-state index contributed by atoms with van der Waals surface area (Å²) in [6.07, 6.45) is 0. The number of ether oxygens (including phenoxy) is 1. The van der Waals surface area contributed by atoms with Crippen molar-refractivity contribution in [3.8, 4) is 5.88 Å². The molecule has 1 atom stereocenters. The predicted molar refractivity (Wildman–Crippen MR) is 152 cm³/mol. The molecule has 0 saturated heterocycles. The Balaban J connectivity index is 1.59. The number of pyridine rings is 1. The van der Waals surface area contributed by atoms with Gasteiger partial charge in [0.05, 0.1) is 29.7 Å². The second-order valence-corrected chi connectivity index (χ2v) is 11.6. The Morgan fingerprint density at radius 1 is 1.10 bits per heavy atom. The van der Waals surface area contributed by atoms with Crippen molar-refractivity contribution in [3.63, 3.8) is 0 Å². The van der Waals surface area contributed by atoms with Gasteiger partial charge in [-0.25, -0.2) is 14.1 Å². The first kappa shape index (κ1) is 28.0. The molecule has 0 bridgehead atoms. The van der Waals surface area contributed by atoms with E-state index in [1.54, 1.807) is 26.1 Å². The molecule has 1 aliphatic rings. The standard InChI is InChI=1S/C28H29FN6O5S/c1-15-10-21(16(2)30-23-8-9-24(40-5)31-26(23)41(38,39)33-17(3)36)25-22(11-15)27(37)34(4)28(32-25)35-13-18-6-7-20(29)12-19(18)14-35/h6-12,16,30H,13-14H2,1-5H3,(H,33,36)/t16-/m1/s1. The Morgan fingerprint density at radius 3 is 2.54 bits per heavy atom. The average Bonchev–Trinajstić information content (AvgIpc) is 3.32. The second-order valence-electron chi connectivity index (χ2n) is 10.0. The van der Waals surface area contributed by atoms with Crippen LogP contribution >= 0.6 is 0 Å². The summed E-state index contributed by atoms with van der Waals surface area (Å²) in [6.45, 7) is 5.62. The van der Waals surface area contributed by atoms with Crippen LogP contribution in [0, 0.1) is 12.7 Å². The van der Waals surface area contributed by atoms with Gasteiger partial charge in [-0.05, 0) is 54.8 Å². The van der Waals surface area contributed by atoms with Crippen LogP contribution in [0.2, 0.25) is 0 Å². The Morgan fingerprint density at radius 2 is 1.83 bits per heavy atom. The molecule has 4 aromatic rings. The third-order valence-electron chi connectivity index (χ3n) is 6.92. The number of aryl methyl sites for hydroxylation is 1. The van der Waals surface area contributed by atoms with E-state index in [2.05, 4.69) is 10.3 Å². The SMILES string of the molecule is COc1ccc(N[C@H](C)c2cc(C)cc3c(=O)n(C)c(N4Cc5ccc(F)cc5C4)nc23)c(S(=O)(=O)NC(C)=O)n1. The monoisotopic (exact) mass is 580 g/mol. The second kappa shape index (κ2) is 10.5. The van der Waals surface area contributed by atoms with E-state index in [9.17, 15) is 22.4 Å². The molecule has 0 spiro atoms. The number of hydrogen-bond donors (Lipinski definition) is 2. The molecule has 0 radical (unpaired) electrons. The normalized spacial score (nSPS) is 13.7. The van der Waals surface area contributed by atoms with Crippen molar-refractivity contribution in [2.75, 3.05) is 17.3 Å². The van der Waals surface area contributed by atoms with Crippen LogP contribution in [0.4, 0.5) is 16.0 Å². The smallest absolute Gasteiger partial charge is 0.283 e. The van der Waals surface area contributed by atoms with Gasteiger partial charge in [-0.15, -0.1) is 0 Å². The minimum Gasteiger partial charge on any atom is -0.481 e. The Hall–Kier alpha value is -4.52. The lowest BCUT2D eigenvalue weighted by atomic mass is 10.0. The molecular formula is C28H29FN6O5S. The zero-order valence-electron chi connectivity index (χ0n) is 23.1. The van der Waals surface area contributed by atoms with Gasteiger partial charge in [-0.2, -0.15) is 13.4 Å². The molecule has 0 fully saturated rings. The largest absolute Gasteiger partial charge is 0.481 e. The van der Waals surface area contributed by atoms with Gasteiger partial charge in [0.2, 0.25) is 22.8 Å². The van der Waals surface area contributed by atoms with Gasteiger partial charge in [0, 0.05) is 38.7 Å². The van der Waals surface area contributed by atoms with E-state index in [1.807, 2.05) is 22.6 Å². The molecule has 0 saturated carbocycles. The molecule has 3 heterocycles. The first-order valence-electron chi connectivity index (χ1n) is 12.8. The summed E-state index contributed by atoms with van der Waals surface area (Å²) >= 11 is 0. The maximum atomic E-state index is 13.8. The molecular weight excluding hydrogens is 551 g/mol. The minimum absolute atomic E-state index is 0.0504. The summed E-state index contributed by atoms with van der Waals surface area (Å²) in [6, 6.07) is 10.7. The van der Waals surface area contributed by atoms with Crippen LogP contribution in [0.15, 0.2) is 52.3 Å². The predicted octanol–water partition coefficient (Wildman–Crippen LogP) is 3.30. The van der Waals surface area contributed by atoms with Crippen LogP contribution in [0.1, 0.15) is 42.1 Å². The number of nitrogens with one attached hydrogen (secondary N) is 2. The fraction of sp³-hybridized carbons (Fsp3) is 0.286. The van der Waals surface area contributed by atoms with Gasteiger partial charge in [0.1, 0.15) is 5.82 Å². The van der Waals surface area contributed by atoms with Crippen molar-refractivity contribution in [1.82, 2.24) is 19.3 Å². The number of benzene rings is 2. The number of fused-ring (bicyclic) bond motifs is 2. The molecule has 41 heavy (non-hydrogen) atoms. The van der Waals surface area contributed by atoms with Crippen LogP contribution in [0.5, 0.6) is 5.88 Å². The summed E-state index contributed by atoms with van der Waals surface area (Å²) < 4.78 is 48.2. The summed E-state index contributed by atoms with van der Waals surface area (Å²) in [5.74, 6) is -0.611. The summed E-state index contributed by atoms with van der Waals surface area (Å²) in [4.78, 5) is 36.0. The van der Waals surface area contributed by atoms with Gasteiger partial charge in [-0.1, -0.05) is 12.1 Å². The van der Waals surface area contributed by atoms with Crippen molar-refractivity contribution >= 4 is 38.5 Å². The summed E-state index contributed by atoms with van der Waals surface area (Å²) in [5, 5.41) is 3.16. The number of carbonyl (C=O) groups excluding carboxylic acids is 1. The highest BCUT2D eigenvalue weighted by Gasteiger charge is 2.27. The number of hydrogen-bond acceptors (Lipinski definition) is 9. The highest BCUT2D eigenvalue weighted by Crippen LogP contribution is 2.32. The van der Waals surface area contributed by atoms with E-state index in [4.69, 9.17) is 9.72 Å². The maximum absolute atomic E-state index is 13.8. The van der Waals surface area contributed by atoms with Crippen molar-refractivity contribution in [1.29, 1.82) is 0 Å². The van der Waals surface area contributed by atoms with E-state index >= 15 is 0 Å². The third-order valence-corrected chi connectivity index (χ3v) is 8.30. The number of rotatable bonds is 7. The van der Waals surface area contributed by atoms with Gasteiger partial charge in [0.25, 0.3) is 15.6 Å². The first-order valence-corrected chi connectivity index (χ1v) is 14.2. The number of anilines is 2. The molecule has 5 rings (SSSR count). The zero-order chi connectivity index (χ0) is 29.6. The van der Waals surface area contributed by atoms with E-state index in [0.717, 1.165) is 23.6 Å². The quantitative estimate of drug-likeness (QED) is 0.338. The van der Waals surface area contributed by atoms with Gasteiger partial charge >= 0.3 is 0 Å². The number of halogens is 1. The molecule has 13 heteroatoms. The maximum Gasteiger partial charge on any atom is 0.283 e. The Bertz CT molecular complexity index is 1870. The van der Waals surface area contributed by atoms with E-state index in [1.165, 1.54) is 35.9 Å². The average molecular weight is 581 g/mol. The lowest BCUT2D eigenvalue weighted by Crippen LogP contribution is -2.30. The van der Waals surface area contributed by atoms with E-state index < -0.39 is 27.0 Å². The van der Waals surface area contributed by atoms with Crippen molar-refractivity contribution in [2.45, 2.75) is 44.9 Å². The third kappa shape index (κ3) is 5.32. The van der Waals surface area contributed by atoms with Crippen molar-refractivity contribution in [2.24, 2.45) is 7.05 Å². The lowest BCUT2D eigenvalue weighted by Gasteiger charge is -2.23. The molecule has 214 valence electrons. The number of aromatic nitrogens is 3. The molecule has 2 N–H and O–H groups in total. The molecule has 2 aromatic heterocycles. The molecule has 1 amide bonds. The zero-order valence-corrected chi connectivity index (χ0v) is 24.0. The van der Waals surface area contributed by atoms with Crippen LogP contribution in [0.3, 0.4) is 0 Å². The Labute approximate surface area is 236 Å². The molecule has 2 aromatic carbocycles. The summed E-state index contributed by atoms with van der Waals surface area (Å²) in [7, 11) is -1.31. The van der Waals surface area contributed by atoms with Gasteiger partial charge in [0.15, 0.2) is 0 Å². The number of methoxy groups -OCH3 is 1. The number of nitrogens with zero attached hydrogens (tertiary/aromatic N) is 4. The molecule has 0 aliphatic carbocycles. The van der Waals surface area contributed by atoms with Crippen LogP contribution in [-0.4, -0.2) is 36.0 Å². The van der Waals surface area contributed by atoms with E-state index in [0.29, 0.717) is 35.5 Å². The number of amides is 1. The van der Waals surface area contributed by atoms with Crippen LogP contribution in [-0.2, 0) is 35.0 Å².